The van der Waals surface area contributed by atoms with E-state index in [0.29, 0.717) is 5.56 Å². The number of hydrogen-bond donors (Lipinski definition) is 1. The Labute approximate surface area is 112 Å². The Kier molecular flexibility index (Phi) is 4.64. The zero-order valence-corrected chi connectivity index (χ0v) is 11.5. The highest BCUT2D eigenvalue weighted by Crippen LogP contribution is 2.16. The molecule has 0 heterocycles. The number of benzene rings is 1. The molecular weight excluding hydrogens is 249 g/mol. The van der Waals surface area contributed by atoms with Gasteiger partial charge in [0.25, 0.3) is 0 Å². The third-order valence-electron chi connectivity index (χ3n) is 2.25. The van der Waals surface area contributed by atoms with Gasteiger partial charge < -0.3 is 10.1 Å². The summed E-state index contributed by atoms with van der Waals surface area (Å²) in [6, 6.07) is 4.63. The second-order valence-corrected chi connectivity index (χ2v) is 5.24. The third-order valence-corrected chi connectivity index (χ3v) is 2.25. The zero-order valence-electron chi connectivity index (χ0n) is 11.5. The van der Waals surface area contributed by atoms with E-state index < -0.39 is 23.6 Å². The van der Waals surface area contributed by atoms with Crippen LogP contribution < -0.4 is 5.32 Å². The van der Waals surface area contributed by atoms with Crippen LogP contribution in [0.3, 0.4) is 0 Å². The van der Waals surface area contributed by atoms with Gasteiger partial charge in [-0.1, -0.05) is 12.1 Å². The van der Waals surface area contributed by atoms with E-state index in [1.54, 1.807) is 26.8 Å². The Morgan fingerprint density at radius 2 is 1.95 bits per heavy atom. The van der Waals surface area contributed by atoms with Crippen LogP contribution in [0.5, 0.6) is 0 Å². The molecule has 1 aromatic rings. The molecule has 1 N–H and O–H groups in total. The second kappa shape index (κ2) is 5.82. The molecule has 0 saturated heterocycles. The number of hydrogen-bond acceptors (Lipinski definition) is 3. The van der Waals surface area contributed by atoms with Crippen molar-refractivity contribution < 1.29 is 18.7 Å². The van der Waals surface area contributed by atoms with E-state index in [2.05, 4.69) is 5.32 Å². The fourth-order valence-corrected chi connectivity index (χ4v) is 1.53. The number of carbonyl (C=O) groups excluding carboxylic acids is 2. The first-order valence-electron chi connectivity index (χ1n) is 5.94. The Balaban J connectivity index is 2.85. The van der Waals surface area contributed by atoms with Gasteiger partial charge in [-0.15, -0.1) is 0 Å². The lowest BCUT2D eigenvalue weighted by atomic mass is 10.0. The van der Waals surface area contributed by atoms with Crippen molar-refractivity contribution in [3.63, 3.8) is 0 Å². The Morgan fingerprint density at radius 3 is 2.42 bits per heavy atom. The second-order valence-electron chi connectivity index (χ2n) is 5.24. The molecule has 0 aromatic heterocycles. The summed E-state index contributed by atoms with van der Waals surface area (Å²) in [6.07, 6.45) is -0.711. The summed E-state index contributed by atoms with van der Waals surface area (Å²) in [5.74, 6) is -0.758. The maximum atomic E-state index is 13.1. The van der Waals surface area contributed by atoms with Gasteiger partial charge in [-0.05, 0) is 45.4 Å². The number of carbonyl (C=O) groups is 2. The van der Waals surface area contributed by atoms with E-state index in [4.69, 9.17) is 4.74 Å². The number of amides is 1. The third kappa shape index (κ3) is 5.07. The lowest BCUT2D eigenvalue weighted by molar-refractivity contribution is -0.119. The first kappa shape index (κ1) is 15.1. The molecule has 0 aliphatic heterocycles. The summed E-state index contributed by atoms with van der Waals surface area (Å²) in [5, 5.41) is 2.44. The number of rotatable bonds is 3. The largest absolute Gasteiger partial charge is 0.444 e. The van der Waals surface area contributed by atoms with E-state index in [1.165, 1.54) is 25.1 Å². The van der Waals surface area contributed by atoms with E-state index in [0.717, 1.165) is 0 Å². The molecule has 1 unspecified atom stereocenters. The van der Waals surface area contributed by atoms with Crippen LogP contribution in [0.15, 0.2) is 24.3 Å². The summed E-state index contributed by atoms with van der Waals surface area (Å²) >= 11 is 0. The highest BCUT2D eigenvalue weighted by Gasteiger charge is 2.23. The van der Waals surface area contributed by atoms with Gasteiger partial charge in [-0.3, -0.25) is 4.79 Å². The van der Waals surface area contributed by atoms with Crippen molar-refractivity contribution in [3.8, 4) is 0 Å². The monoisotopic (exact) mass is 267 g/mol. The predicted octanol–water partition coefficient (Wildman–Crippen LogP) is 2.98. The average Bonchev–Trinajstić information content (AvgIpc) is 2.23. The maximum absolute atomic E-state index is 13.1. The van der Waals surface area contributed by atoms with Crippen molar-refractivity contribution in [2.24, 2.45) is 0 Å². The molecule has 19 heavy (non-hydrogen) atoms. The van der Waals surface area contributed by atoms with Crippen molar-refractivity contribution in [2.75, 3.05) is 0 Å². The minimum absolute atomic E-state index is 0.295. The van der Waals surface area contributed by atoms with E-state index in [-0.39, 0.29) is 5.78 Å². The highest BCUT2D eigenvalue weighted by molar-refractivity contribution is 5.86. The van der Waals surface area contributed by atoms with Gasteiger partial charge in [0.15, 0.2) is 5.78 Å². The summed E-state index contributed by atoms with van der Waals surface area (Å²) in [6.45, 7) is 6.49. The van der Waals surface area contributed by atoms with Gasteiger partial charge in [-0.25, -0.2) is 9.18 Å². The molecule has 0 aliphatic rings. The molecule has 1 rings (SSSR count). The fraction of sp³-hybridized carbons (Fsp3) is 0.429. The van der Waals surface area contributed by atoms with Crippen LogP contribution in [-0.2, 0) is 9.53 Å². The minimum atomic E-state index is -0.912. The molecule has 0 aliphatic carbocycles. The lowest BCUT2D eigenvalue weighted by Crippen LogP contribution is -2.37. The number of ketones is 1. The van der Waals surface area contributed by atoms with E-state index >= 15 is 0 Å². The molecule has 1 amide bonds. The summed E-state index contributed by atoms with van der Waals surface area (Å²) in [5.41, 5.74) is -0.272. The molecule has 4 nitrogen and oxygen atoms in total. The molecule has 104 valence electrons. The van der Waals surface area contributed by atoms with Crippen molar-refractivity contribution in [1.82, 2.24) is 5.32 Å². The highest BCUT2D eigenvalue weighted by atomic mass is 19.1. The van der Waals surface area contributed by atoms with Gasteiger partial charge in [-0.2, -0.15) is 0 Å². The van der Waals surface area contributed by atoms with Crippen LogP contribution in [-0.4, -0.2) is 17.5 Å². The van der Waals surface area contributed by atoms with Crippen LogP contribution in [0.2, 0.25) is 0 Å². The average molecular weight is 267 g/mol. The molecule has 0 spiro atoms. The maximum Gasteiger partial charge on any atom is 0.408 e. The first-order chi connectivity index (χ1) is 8.69. The summed E-state index contributed by atoms with van der Waals surface area (Å²) in [4.78, 5) is 23.2. The Hall–Kier alpha value is -1.91. The molecule has 0 radical (unpaired) electrons. The van der Waals surface area contributed by atoms with Gasteiger partial charge in [0.05, 0.1) is 0 Å². The smallest absolute Gasteiger partial charge is 0.408 e. The van der Waals surface area contributed by atoms with Gasteiger partial charge in [0.2, 0.25) is 0 Å². The van der Waals surface area contributed by atoms with Crippen molar-refractivity contribution >= 4 is 11.9 Å². The van der Waals surface area contributed by atoms with Crippen molar-refractivity contribution in [2.45, 2.75) is 39.3 Å². The fourth-order valence-electron chi connectivity index (χ4n) is 1.53. The molecule has 0 bridgehead atoms. The normalized spacial score (nSPS) is 12.7. The van der Waals surface area contributed by atoms with E-state index in [9.17, 15) is 14.0 Å². The topological polar surface area (TPSA) is 55.4 Å². The number of ether oxygens (including phenoxy) is 1. The number of halogens is 1. The lowest BCUT2D eigenvalue weighted by Gasteiger charge is -2.22. The minimum Gasteiger partial charge on any atom is -0.444 e. The van der Waals surface area contributed by atoms with Crippen LogP contribution in [0.25, 0.3) is 0 Å². The Bertz CT molecular complexity index is 480. The molecule has 1 aromatic carbocycles. The van der Waals surface area contributed by atoms with Crippen molar-refractivity contribution in [3.05, 3.63) is 35.6 Å². The molecular formula is C14H18FNO3. The van der Waals surface area contributed by atoms with Gasteiger partial charge >= 0.3 is 6.09 Å². The van der Waals surface area contributed by atoms with Crippen LogP contribution in [0.1, 0.15) is 39.3 Å². The quantitative estimate of drug-likeness (QED) is 0.916. The number of nitrogens with one attached hydrogen (secondary N) is 1. The standard InChI is InChI=1S/C14H18FNO3/c1-9(17)12(10-6-5-7-11(15)8-10)16-13(18)19-14(2,3)4/h5-8,12H,1-4H3,(H,16,18). The summed E-state index contributed by atoms with van der Waals surface area (Å²) < 4.78 is 18.2. The Morgan fingerprint density at radius 1 is 1.32 bits per heavy atom. The SMILES string of the molecule is CC(=O)C(NC(=O)OC(C)(C)C)c1cccc(F)c1. The van der Waals surface area contributed by atoms with E-state index in [1.807, 2.05) is 0 Å². The first-order valence-corrected chi connectivity index (χ1v) is 5.94. The van der Waals surface area contributed by atoms with Gasteiger partial charge in [0, 0.05) is 0 Å². The molecule has 5 heteroatoms. The van der Waals surface area contributed by atoms with Crippen LogP contribution in [0.4, 0.5) is 9.18 Å². The van der Waals surface area contributed by atoms with Gasteiger partial charge in [0.1, 0.15) is 17.5 Å². The summed E-state index contributed by atoms with van der Waals surface area (Å²) in [7, 11) is 0. The predicted molar refractivity (Wildman–Crippen MR) is 69.2 cm³/mol. The molecule has 0 fully saturated rings. The van der Waals surface area contributed by atoms with Crippen molar-refractivity contribution in [1.29, 1.82) is 0 Å². The number of alkyl carbamates (subject to hydrolysis) is 1. The molecule has 1 atom stereocenters. The van der Waals surface area contributed by atoms with Crippen LogP contribution in [0, 0.1) is 5.82 Å². The number of Topliss-reactive ketones (excluding diaryl/α,β-unsaturated/α-hetero) is 1. The zero-order chi connectivity index (χ0) is 14.6. The molecule has 0 saturated carbocycles. The van der Waals surface area contributed by atoms with Crippen LogP contribution >= 0.6 is 0 Å².